The normalized spacial score (nSPS) is 19.6. The highest BCUT2D eigenvalue weighted by molar-refractivity contribution is 5.83. The number of hydrogen-bond acceptors (Lipinski definition) is 2. The molecule has 116 valence electrons. The molecule has 0 saturated heterocycles. The van der Waals surface area contributed by atoms with Gasteiger partial charge in [-0.3, -0.25) is 4.79 Å². The molecule has 1 aromatic carbocycles. The monoisotopic (exact) mass is 292 g/mol. The van der Waals surface area contributed by atoms with E-state index < -0.39 is 5.41 Å². The first kappa shape index (κ1) is 16.0. The lowest BCUT2D eigenvalue weighted by Crippen LogP contribution is -2.46. The first-order valence-corrected chi connectivity index (χ1v) is 7.84. The Morgan fingerprint density at radius 1 is 1.33 bits per heavy atom. The molecule has 0 spiro atoms. The van der Waals surface area contributed by atoms with E-state index in [-0.39, 0.29) is 17.8 Å². The predicted molar refractivity (Wildman–Crippen MR) is 82.1 cm³/mol. The van der Waals surface area contributed by atoms with E-state index >= 15 is 0 Å². The molecular formula is C17H25FN2O. The van der Waals surface area contributed by atoms with Crippen LogP contribution >= 0.6 is 0 Å². The van der Waals surface area contributed by atoms with Crippen LogP contribution in [0.3, 0.4) is 0 Å². The molecule has 0 radical (unpaired) electrons. The Hall–Kier alpha value is -1.42. The molecule has 0 heterocycles. The fourth-order valence-electron chi connectivity index (χ4n) is 3.14. The van der Waals surface area contributed by atoms with Crippen LogP contribution < -0.4 is 11.1 Å². The third-order valence-electron chi connectivity index (χ3n) is 4.63. The molecule has 2 rings (SSSR count). The van der Waals surface area contributed by atoms with Crippen molar-refractivity contribution < 1.29 is 9.18 Å². The smallest absolute Gasteiger partial charge is 0.227 e. The summed E-state index contributed by atoms with van der Waals surface area (Å²) in [5.74, 6) is -0.264. The summed E-state index contributed by atoms with van der Waals surface area (Å²) in [5, 5.41) is 3.03. The van der Waals surface area contributed by atoms with Crippen molar-refractivity contribution in [2.75, 3.05) is 6.54 Å². The standard InChI is InChI=1S/C17H25FN2O/c1-13(14-7-6-8-15(18)11-14)20-16(21)17(12-19)9-4-2-3-5-10-17/h6-8,11,13H,2-5,9-10,12,19H2,1H3,(H,20,21). The highest BCUT2D eigenvalue weighted by atomic mass is 19.1. The van der Waals surface area contributed by atoms with E-state index in [9.17, 15) is 9.18 Å². The molecule has 0 bridgehead atoms. The third kappa shape index (κ3) is 3.82. The van der Waals surface area contributed by atoms with E-state index in [0.29, 0.717) is 6.54 Å². The second kappa shape index (κ2) is 7.03. The molecule has 1 atom stereocenters. The average molecular weight is 292 g/mol. The molecule has 1 aliphatic rings. The van der Waals surface area contributed by atoms with E-state index in [1.807, 2.05) is 13.0 Å². The molecular weight excluding hydrogens is 267 g/mol. The van der Waals surface area contributed by atoms with Crippen molar-refractivity contribution in [3.63, 3.8) is 0 Å². The lowest BCUT2D eigenvalue weighted by molar-refractivity contribution is -0.132. The molecule has 0 aliphatic heterocycles. The van der Waals surface area contributed by atoms with Gasteiger partial charge in [-0.05, 0) is 37.5 Å². The highest BCUT2D eigenvalue weighted by Crippen LogP contribution is 2.35. The Kier molecular flexibility index (Phi) is 5.34. The van der Waals surface area contributed by atoms with Crippen molar-refractivity contribution in [1.82, 2.24) is 5.32 Å². The first-order valence-electron chi connectivity index (χ1n) is 7.84. The van der Waals surface area contributed by atoms with Crippen LogP contribution in [0.1, 0.15) is 57.1 Å². The molecule has 4 heteroatoms. The average Bonchev–Trinajstić information content (AvgIpc) is 2.73. The summed E-state index contributed by atoms with van der Waals surface area (Å²) in [6.07, 6.45) is 6.16. The van der Waals surface area contributed by atoms with Gasteiger partial charge in [-0.1, -0.05) is 37.8 Å². The summed E-state index contributed by atoms with van der Waals surface area (Å²) in [7, 11) is 0. The van der Waals surface area contributed by atoms with E-state index in [4.69, 9.17) is 5.73 Å². The van der Waals surface area contributed by atoms with E-state index in [1.165, 1.54) is 25.0 Å². The van der Waals surface area contributed by atoms with Crippen LogP contribution in [0.5, 0.6) is 0 Å². The van der Waals surface area contributed by atoms with Gasteiger partial charge in [0.2, 0.25) is 5.91 Å². The Labute approximate surface area is 126 Å². The SMILES string of the molecule is CC(NC(=O)C1(CN)CCCCCC1)c1cccc(F)c1. The number of rotatable bonds is 4. The van der Waals surface area contributed by atoms with Crippen LogP contribution in [0.25, 0.3) is 0 Å². The van der Waals surface area contributed by atoms with Gasteiger partial charge in [0, 0.05) is 6.54 Å². The van der Waals surface area contributed by atoms with Gasteiger partial charge < -0.3 is 11.1 Å². The molecule has 21 heavy (non-hydrogen) atoms. The number of halogens is 1. The Balaban J connectivity index is 2.08. The fourth-order valence-corrected chi connectivity index (χ4v) is 3.14. The summed E-state index contributed by atoms with van der Waals surface area (Å²) >= 11 is 0. The van der Waals surface area contributed by atoms with Crippen LogP contribution in [0, 0.1) is 11.2 Å². The quantitative estimate of drug-likeness (QED) is 0.837. The lowest BCUT2D eigenvalue weighted by Gasteiger charge is -2.31. The van der Waals surface area contributed by atoms with Gasteiger partial charge in [0.05, 0.1) is 11.5 Å². The molecule has 1 aromatic rings. The maximum atomic E-state index is 13.3. The second-order valence-corrected chi connectivity index (χ2v) is 6.15. The van der Waals surface area contributed by atoms with Crippen LogP contribution in [-0.2, 0) is 4.79 Å². The van der Waals surface area contributed by atoms with Crippen molar-refractivity contribution in [2.24, 2.45) is 11.1 Å². The number of carbonyl (C=O) groups is 1. The molecule has 3 nitrogen and oxygen atoms in total. The number of hydrogen-bond donors (Lipinski definition) is 2. The maximum Gasteiger partial charge on any atom is 0.227 e. The zero-order chi connectivity index (χ0) is 15.3. The first-order chi connectivity index (χ1) is 10.1. The van der Waals surface area contributed by atoms with Crippen molar-refractivity contribution >= 4 is 5.91 Å². The van der Waals surface area contributed by atoms with Gasteiger partial charge in [0.1, 0.15) is 5.82 Å². The van der Waals surface area contributed by atoms with Crippen molar-refractivity contribution in [3.05, 3.63) is 35.6 Å². The van der Waals surface area contributed by atoms with Crippen LogP contribution in [-0.4, -0.2) is 12.5 Å². The summed E-state index contributed by atoms with van der Waals surface area (Å²) in [4.78, 5) is 12.7. The lowest BCUT2D eigenvalue weighted by atomic mass is 9.79. The number of carbonyl (C=O) groups excluding carboxylic acids is 1. The van der Waals surface area contributed by atoms with Gasteiger partial charge >= 0.3 is 0 Å². The van der Waals surface area contributed by atoms with Crippen molar-refractivity contribution in [3.8, 4) is 0 Å². The Morgan fingerprint density at radius 3 is 2.57 bits per heavy atom. The van der Waals surface area contributed by atoms with Crippen LogP contribution in [0.2, 0.25) is 0 Å². The molecule has 1 fully saturated rings. The zero-order valence-electron chi connectivity index (χ0n) is 12.7. The minimum atomic E-state index is -0.446. The highest BCUT2D eigenvalue weighted by Gasteiger charge is 2.37. The molecule has 1 unspecified atom stereocenters. The van der Waals surface area contributed by atoms with E-state index in [1.54, 1.807) is 6.07 Å². The van der Waals surface area contributed by atoms with Crippen molar-refractivity contribution in [1.29, 1.82) is 0 Å². The fraction of sp³-hybridized carbons (Fsp3) is 0.588. The van der Waals surface area contributed by atoms with Gasteiger partial charge in [-0.15, -0.1) is 0 Å². The third-order valence-corrected chi connectivity index (χ3v) is 4.63. The minimum absolute atomic E-state index is 0.0173. The number of amides is 1. The number of nitrogens with two attached hydrogens (primary N) is 1. The van der Waals surface area contributed by atoms with Crippen molar-refractivity contribution in [2.45, 2.75) is 51.5 Å². The van der Waals surface area contributed by atoms with E-state index in [0.717, 1.165) is 31.2 Å². The van der Waals surface area contributed by atoms with Gasteiger partial charge in [-0.25, -0.2) is 4.39 Å². The van der Waals surface area contributed by atoms with E-state index in [2.05, 4.69) is 5.32 Å². The summed E-state index contributed by atoms with van der Waals surface area (Å²) in [5.41, 5.74) is 6.26. The minimum Gasteiger partial charge on any atom is -0.349 e. The summed E-state index contributed by atoms with van der Waals surface area (Å²) in [6.45, 7) is 2.27. The molecule has 1 amide bonds. The summed E-state index contributed by atoms with van der Waals surface area (Å²) < 4.78 is 13.3. The number of nitrogens with one attached hydrogen (secondary N) is 1. The predicted octanol–water partition coefficient (Wildman–Crippen LogP) is 3.30. The molecule has 0 aromatic heterocycles. The van der Waals surface area contributed by atoms with Gasteiger partial charge in [0.25, 0.3) is 0 Å². The Bertz CT molecular complexity index is 481. The van der Waals surface area contributed by atoms with Gasteiger partial charge in [-0.2, -0.15) is 0 Å². The maximum absolute atomic E-state index is 13.3. The topological polar surface area (TPSA) is 55.1 Å². The van der Waals surface area contributed by atoms with Crippen LogP contribution in [0.4, 0.5) is 4.39 Å². The van der Waals surface area contributed by atoms with Crippen LogP contribution in [0.15, 0.2) is 24.3 Å². The molecule has 1 aliphatic carbocycles. The Morgan fingerprint density at radius 2 is 2.00 bits per heavy atom. The molecule has 1 saturated carbocycles. The second-order valence-electron chi connectivity index (χ2n) is 6.15. The number of benzene rings is 1. The molecule has 3 N–H and O–H groups in total. The zero-order valence-corrected chi connectivity index (χ0v) is 12.7. The summed E-state index contributed by atoms with van der Waals surface area (Å²) in [6, 6.07) is 6.16. The largest absolute Gasteiger partial charge is 0.349 e. The van der Waals surface area contributed by atoms with Gasteiger partial charge in [0.15, 0.2) is 0 Å².